The number of nitrogens with zero attached hydrogens (tertiary/aromatic N) is 1. The van der Waals surface area contributed by atoms with Gasteiger partial charge in [0.15, 0.2) is 5.96 Å². The number of guanidine groups is 1. The first-order chi connectivity index (χ1) is 12.8. The lowest BCUT2D eigenvalue weighted by Crippen LogP contribution is -2.42. The molecule has 8 nitrogen and oxygen atoms in total. The van der Waals surface area contributed by atoms with Crippen molar-refractivity contribution in [1.82, 2.24) is 21.3 Å². The van der Waals surface area contributed by atoms with Crippen LogP contribution in [-0.4, -0.2) is 56.3 Å². The number of hydrogen-bond acceptors (Lipinski definition) is 5. The lowest BCUT2D eigenvalue weighted by molar-refractivity contribution is 0.0528. The van der Waals surface area contributed by atoms with Crippen molar-refractivity contribution in [2.45, 2.75) is 39.7 Å². The molecule has 2 amide bonds. The quantitative estimate of drug-likeness (QED) is 0.172. The van der Waals surface area contributed by atoms with Crippen molar-refractivity contribution in [3.8, 4) is 0 Å². The number of alkyl carbamates (subject to hydrolysis) is 1. The average Bonchev–Trinajstić information content (AvgIpc) is 3.11. The lowest BCUT2D eigenvalue weighted by Gasteiger charge is -2.19. The summed E-state index contributed by atoms with van der Waals surface area (Å²) >= 11 is 1.42. The number of carbonyl (C=O) groups excluding carboxylic acids is 2. The molecule has 0 saturated carbocycles. The van der Waals surface area contributed by atoms with Gasteiger partial charge in [0.2, 0.25) is 0 Å². The number of ether oxygens (including phenoxy) is 1. The van der Waals surface area contributed by atoms with Gasteiger partial charge in [-0.25, -0.2) is 4.79 Å². The molecular weight excluding hydrogens is 493 g/mol. The standard InChI is InChI=1S/C18H31N5O3S.HI/c1-5-19-16(22-11-12-23-17(25)26-18(2,3)4)21-10-7-9-20-15(24)14-8-6-13-27-14;/h6,8,13H,5,7,9-12H2,1-4H3,(H,20,24)(H,23,25)(H2,19,21,22);1H. The fraction of sp³-hybridized carbons (Fsp3) is 0.611. The summed E-state index contributed by atoms with van der Waals surface area (Å²) < 4.78 is 5.17. The highest BCUT2D eigenvalue weighted by atomic mass is 127. The number of hydrogen-bond donors (Lipinski definition) is 4. The van der Waals surface area contributed by atoms with Crippen molar-refractivity contribution < 1.29 is 14.3 Å². The summed E-state index contributed by atoms with van der Waals surface area (Å²) in [6.07, 6.45) is 0.303. The Kier molecular flexibility index (Phi) is 13.6. The molecular formula is C18H32IN5O3S. The molecule has 0 saturated heterocycles. The molecule has 0 fully saturated rings. The van der Waals surface area contributed by atoms with E-state index in [0.29, 0.717) is 37.0 Å². The van der Waals surface area contributed by atoms with Crippen LogP contribution in [0.25, 0.3) is 0 Å². The van der Waals surface area contributed by atoms with Gasteiger partial charge in [0, 0.05) is 32.7 Å². The largest absolute Gasteiger partial charge is 0.444 e. The van der Waals surface area contributed by atoms with Crippen molar-refractivity contribution in [2.24, 2.45) is 4.99 Å². The van der Waals surface area contributed by atoms with Gasteiger partial charge in [0.1, 0.15) is 5.60 Å². The van der Waals surface area contributed by atoms with Gasteiger partial charge in [-0.3, -0.25) is 9.79 Å². The number of rotatable bonds is 9. The minimum atomic E-state index is -0.507. The fourth-order valence-corrected chi connectivity index (χ4v) is 2.61. The molecule has 4 N–H and O–H groups in total. The van der Waals surface area contributed by atoms with Crippen LogP contribution in [0.4, 0.5) is 4.79 Å². The number of halogens is 1. The highest BCUT2D eigenvalue weighted by Gasteiger charge is 2.15. The van der Waals surface area contributed by atoms with E-state index in [1.165, 1.54) is 11.3 Å². The number of aliphatic imine (C=N–C) groups is 1. The second-order valence-electron chi connectivity index (χ2n) is 6.70. The summed E-state index contributed by atoms with van der Waals surface area (Å²) in [4.78, 5) is 28.6. The van der Waals surface area contributed by atoms with Crippen LogP contribution in [0.2, 0.25) is 0 Å². The van der Waals surface area contributed by atoms with E-state index in [2.05, 4.69) is 26.3 Å². The van der Waals surface area contributed by atoms with Gasteiger partial charge in [-0.2, -0.15) is 0 Å². The molecule has 28 heavy (non-hydrogen) atoms. The zero-order chi connectivity index (χ0) is 20.1. The molecule has 0 bridgehead atoms. The maximum Gasteiger partial charge on any atom is 0.407 e. The average molecular weight is 525 g/mol. The zero-order valence-electron chi connectivity index (χ0n) is 17.0. The van der Waals surface area contributed by atoms with Crippen LogP contribution in [0.3, 0.4) is 0 Å². The number of amides is 2. The molecule has 160 valence electrons. The second kappa shape index (κ2) is 14.4. The van der Waals surface area contributed by atoms with E-state index < -0.39 is 11.7 Å². The van der Waals surface area contributed by atoms with E-state index in [9.17, 15) is 9.59 Å². The second-order valence-corrected chi connectivity index (χ2v) is 7.65. The Labute approximate surface area is 188 Å². The molecule has 1 rings (SSSR count). The van der Waals surface area contributed by atoms with Crippen molar-refractivity contribution in [3.05, 3.63) is 22.4 Å². The normalized spacial score (nSPS) is 11.2. The van der Waals surface area contributed by atoms with E-state index >= 15 is 0 Å². The molecule has 1 aromatic rings. The first kappa shape index (κ1) is 26.4. The first-order valence-electron chi connectivity index (χ1n) is 9.12. The molecule has 0 aromatic carbocycles. The molecule has 0 radical (unpaired) electrons. The highest BCUT2D eigenvalue weighted by molar-refractivity contribution is 14.0. The Morgan fingerprint density at radius 1 is 1.11 bits per heavy atom. The van der Waals surface area contributed by atoms with E-state index in [0.717, 1.165) is 13.0 Å². The van der Waals surface area contributed by atoms with Gasteiger partial charge in [-0.15, -0.1) is 35.3 Å². The maximum atomic E-state index is 11.8. The number of nitrogens with one attached hydrogen (secondary N) is 4. The molecule has 1 heterocycles. The molecule has 0 atom stereocenters. The summed E-state index contributed by atoms with van der Waals surface area (Å²) in [5.41, 5.74) is -0.507. The minimum Gasteiger partial charge on any atom is -0.444 e. The van der Waals surface area contributed by atoms with Crippen LogP contribution < -0.4 is 21.3 Å². The zero-order valence-corrected chi connectivity index (χ0v) is 20.1. The Balaban J connectivity index is 0.00000729. The minimum absolute atomic E-state index is 0. The molecule has 0 aliphatic rings. The van der Waals surface area contributed by atoms with Crippen LogP contribution in [0.15, 0.2) is 22.5 Å². The third-order valence-corrected chi connectivity index (χ3v) is 3.93. The van der Waals surface area contributed by atoms with Gasteiger partial charge in [0.25, 0.3) is 5.91 Å². The SMILES string of the molecule is CCNC(=NCCCNC(=O)c1cccs1)NCCNC(=O)OC(C)(C)C.I. The highest BCUT2D eigenvalue weighted by Crippen LogP contribution is 2.07. The van der Waals surface area contributed by atoms with Crippen molar-refractivity contribution in [3.63, 3.8) is 0 Å². The summed E-state index contributed by atoms with van der Waals surface area (Å²) in [7, 11) is 0. The summed E-state index contributed by atoms with van der Waals surface area (Å²) in [5.74, 6) is 0.625. The van der Waals surface area contributed by atoms with Crippen molar-refractivity contribution in [1.29, 1.82) is 0 Å². The Hall–Kier alpha value is -1.56. The smallest absolute Gasteiger partial charge is 0.407 e. The van der Waals surface area contributed by atoms with E-state index in [1.54, 1.807) is 6.07 Å². The van der Waals surface area contributed by atoms with Gasteiger partial charge in [-0.05, 0) is 45.6 Å². The third kappa shape index (κ3) is 12.8. The van der Waals surface area contributed by atoms with E-state index in [1.807, 2.05) is 39.1 Å². The van der Waals surface area contributed by atoms with Crippen LogP contribution in [0.5, 0.6) is 0 Å². The Morgan fingerprint density at radius 3 is 2.43 bits per heavy atom. The van der Waals surface area contributed by atoms with Crippen molar-refractivity contribution >= 4 is 53.3 Å². The van der Waals surface area contributed by atoms with E-state index in [4.69, 9.17) is 4.74 Å². The van der Waals surface area contributed by atoms with Crippen LogP contribution in [-0.2, 0) is 4.74 Å². The molecule has 0 aliphatic heterocycles. The summed E-state index contributed by atoms with van der Waals surface area (Å²) in [5, 5.41) is 13.7. The van der Waals surface area contributed by atoms with Gasteiger partial charge in [0.05, 0.1) is 4.88 Å². The summed E-state index contributed by atoms with van der Waals surface area (Å²) in [6, 6.07) is 3.66. The van der Waals surface area contributed by atoms with Gasteiger partial charge < -0.3 is 26.0 Å². The Bertz CT molecular complexity index is 603. The van der Waals surface area contributed by atoms with Crippen LogP contribution in [0.1, 0.15) is 43.8 Å². The number of carbonyl (C=O) groups is 2. The summed E-state index contributed by atoms with van der Waals surface area (Å²) in [6.45, 7) is 10.3. The van der Waals surface area contributed by atoms with Crippen molar-refractivity contribution in [2.75, 3.05) is 32.7 Å². The van der Waals surface area contributed by atoms with E-state index in [-0.39, 0.29) is 29.9 Å². The maximum absolute atomic E-state index is 11.8. The molecule has 0 spiro atoms. The van der Waals surface area contributed by atoms with Gasteiger partial charge in [-0.1, -0.05) is 6.07 Å². The predicted molar refractivity (Wildman–Crippen MR) is 125 cm³/mol. The molecule has 1 aromatic heterocycles. The monoisotopic (exact) mass is 525 g/mol. The third-order valence-electron chi connectivity index (χ3n) is 3.07. The molecule has 0 unspecified atom stereocenters. The fourth-order valence-electron chi connectivity index (χ4n) is 1.97. The number of thiophene rings is 1. The van der Waals surface area contributed by atoms with Gasteiger partial charge >= 0.3 is 6.09 Å². The Morgan fingerprint density at radius 2 is 1.82 bits per heavy atom. The first-order valence-corrected chi connectivity index (χ1v) is 10.0. The molecule has 0 aliphatic carbocycles. The predicted octanol–water partition coefficient (Wildman–Crippen LogP) is 2.57. The van der Waals surface area contributed by atoms with Crippen LogP contribution >= 0.6 is 35.3 Å². The topological polar surface area (TPSA) is 104 Å². The van der Waals surface area contributed by atoms with Crippen LogP contribution in [0, 0.1) is 0 Å². The lowest BCUT2D eigenvalue weighted by atomic mass is 10.2. The molecule has 10 heteroatoms.